The molecule has 0 aliphatic heterocycles. The van der Waals surface area contributed by atoms with Crippen LogP contribution in [0.25, 0.3) is 22.4 Å². The number of hydrogen-bond acceptors (Lipinski definition) is 7. The Morgan fingerprint density at radius 2 is 1.86 bits per heavy atom. The van der Waals surface area contributed by atoms with Gasteiger partial charge < -0.3 is 14.2 Å². The van der Waals surface area contributed by atoms with E-state index in [4.69, 9.17) is 14.2 Å². The molecule has 0 atom stereocenters. The van der Waals surface area contributed by atoms with E-state index in [1.807, 2.05) is 49.4 Å². The third-order valence-corrected chi connectivity index (χ3v) is 5.27. The first kappa shape index (κ1) is 18.9. The van der Waals surface area contributed by atoms with Crippen molar-refractivity contribution in [3.63, 3.8) is 0 Å². The van der Waals surface area contributed by atoms with Gasteiger partial charge in [0.2, 0.25) is 4.96 Å². The van der Waals surface area contributed by atoms with Gasteiger partial charge in [-0.15, -0.1) is 5.10 Å². The van der Waals surface area contributed by atoms with Crippen molar-refractivity contribution in [3.05, 3.63) is 62.9 Å². The molecule has 0 saturated heterocycles. The van der Waals surface area contributed by atoms with Crippen LogP contribution in [0.4, 0.5) is 0 Å². The molecule has 0 radical (unpaired) electrons. The summed E-state index contributed by atoms with van der Waals surface area (Å²) >= 11 is 1.28. The van der Waals surface area contributed by atoms with E-state index in [2.05, 4.69) is 10.1 Å². The molecule has 29 heavy (non-hydrogen) atoms. The number of ether oxygens (including phenoxy) is 3. The van der Waals surface area contributed by atoms with Crippen molar-refractivity contribution in [2.45, 2.75) is 6.92 Å². The molecule has 0 fully saturated rings. The lowest BCUT2D eigenvalue weighted by Crippen LogP contribution is -2.23. The zero-order chi connectivity index (χ0) is 20.4. The first-order valence-electron chi connectivity index (χ1n) is 9.00. The number of thiazole rings is 1. The van der Waals surface area contributed by atoms with Crippen molar-refractivity contribution in [2.24, 2.45) is 0 Å². The lowest BCUT2D eigenvalue weighted by molar-refractivity contribution is 0.311. The monoisotopic (exact) mass is 409 g/mol. The van der Waals surface area contributed by atoms with Gasteiger partial charge in [-0.05, 0) is 42.8 Å². The van der Waals surface area contributed by atoms with Gasteiger partial charge in [-0.1, -0.05) is 29.5 Å². The molecule has 0 aliphatic rings. The molecule has 148 valence electrons. The van der Waals surface area contributed by atoms with Gasteiger partial charge in [0.1, 0.15) is 5.75 Å². The van der Waals surface area contributed by atoms with Crippen LogP contribution in [0, 0.1) is 0 Å². The Morgan fingerprint density at radius 3 is 2.59 bits per heavy atom. The quantitative estimate of drug-likeness (QED) is 0.488. The molecular formula is C21H19N3O4S. The standard InChI is InChI=1S/C21H19N3O4S/c1-4-28-16-10-9-13(11-17(16)27-3)12-18-20(25)24-21(29-18)22-19(23-24)14-7-5-6-8-15(14)26-2/h5-12H,4H2,1-3H3/b18-12+. The van der Waals surface area contributed by atoms with Crippen molar-refractivity contribution >= 4 is 22.4 Å². The molecule has 4 rings (SSSR count). The fraction of sp³-hybridized carbons (Fsp3) is 0.190. The minimum absolute atomic E-state index is 0.216. The Hall–Kier alpha value is -3.39. The maximum Gasteiger partial charge on any atom is 0.291 e. The number of fused-ring (bicyclic) bond motifs is 1. The highest BCUT2D eigenvalue weighted by Gasteiger charge is 2.15. The number of nitrogens with zero attached hydrogens (tertiary/aromatic N) is 3. The van der Waals surface area contributed by atoms with Crippen LogP contribution < -0.4 is 24.3 Å². The van der Waals surface area contributed by atoms with Gasteiger partial charge in [-0.25, -0.2) is 0 Å². The summed E-state index contributed by atoms with van der Waals surface area (Å²) in [5.74, 6) is 2.40. The smallest absolute Gasteiger partial charge is 0.291 e. The zero-order valence-corrected chi connectivity index (χ0v) is 17.0. The fourth-order valence-corrected chi connectivity index (χ4v) is 3.89. The predicted octanol–water partition coefficient (Wildman–Crippen LogP) is 2.78. The summed E-state index contributed by atoms with van der Waals surface area (Å²) in [6.45, 7) is 2.46. The Labute approximate surface area is 170 Å². The zero-order valence-electron chi connectivity index (χ0n) is 16.2. The van der Waals surface area contributed by atoms with Gasteiger partial charge in [-0.3, -0.25) is 4.79 Å². The van der Waals surface area contributed by atoms with Crippen molar-refractivity contribution in [2.75, 3.05) is 20.8 Å². The average molecular weight is 409 g/mol. The molecule has 2 aromatic carbocycles. The molecule has 0 unspecified atom stereocenters. The molecule has 8 heteroatoms. The first-order chi connectivity index (χ1) is 14.1. The van der Waals surface area contributed by atoms with Gasteiger partial charge in [0.05, 0.1) is 30.9 Å². The van der Waals surface area contributed by atoms with Crippen LogP contribution in [-0.2, 0) is 0 Å². The van der Waals surface area contributed by atoms with Gasteiger partial charge in [0, 0.05) is 0 Å². The van der Waals surface area contributed by atoms with E-state index in [1.165, 1.54) is 15.9 Å². The van der Waals surface area contributed by atoms with Crippen LogP contribution in [0.1, 0.15) is 12.5 Å². The number of hydrogen-bond donors (Lipinski definition) is 0. The Morgan fingerprint density at radius 1 is 1.07 bits per heavy atom. The van der Waals surface area contributed by atoms with E-state index in [1.54, 1.807) is 20.3 Å². The molecule has 0 aliphatic carbocycles. The number of methoxy groups -OCH3 is 2. The molecule has 0 spiro atoms. The lowest BCUT2D eigenvalue weighted by atomic mass is 10.2. The molecule has 2 heterocycles. The third kappa shape index (κ3) is 3.54. The second kappa shape index (κ2) is 7.92. The van der Waals surface area contributed by atoms with Crippen LogP contribution in [-0.4, -0.2) is 35.4 Å². The van der Waals surface area contributed by atoms with Crippen molar-refractivity contribution in [1.29, 1.82) is 0 Å². The fourth-order valence-electron chi connectivity index (χ4n) is 2.98. The normalized spacial score (nSPS) is 11.8. The van der Waals surface area contributed by atoms with Crippen molar-refractivity contribution in [1.82, 2.24) is 14.6 Å². The summed E-state index contributed by atoms with van der Waals surface area (Å²) in [5.41, 5.74) is 1.36. The van der Waals surface area contributed by atoms with Gasteiger partial charge in [0.25, 0.3) is 5.56 Å². The molecule has 0 N–H and O–H groups in total. The van der Waals surface area contributed by atoms with Crippen LogP contribution in [0.3, 0.4) is 0 Å². The van der Waals surface area contributed by atoms with Crippen LogP contribution in [0.15, 0.2) is 47.3 Å². The summed E-state index contributed by atoms with van der Waals surface area (Å²) < 4.78 is 18.1. The number of para-hydroxylation sites is 1. The third-order valence-electron chi connectivity index (χ3n) is 4.32. The van der Waals surface area contributed by atoms with E-state index in [0.717, 1.165) is 11.1 Å². The lowest BCUT2D eigenvalue weighted by Gasteiger charge is -2.09. The molecule has 7 nitrogen and oxygen atoms in total. The van der Waals surface area contributed by atoms with Crippen LogP contribution >= 0.6 is 11.3 Å². The number of benzene rings is 2. The maximum atomic E-state index is 12.8. The van der Waals surface area contributed by atoms with Crippen LogP contribution in [0.2, 0.25) is 0 Å². The summed E-state index contributed by atoms with van der Waals surface area (Å²) in [6, 6.07) is 13.0. The highest BCUT2D eigenvalue weighted by molar-refractivity contribution is 7.15. The Bertz CT molecular complexity index is 1280. The predicted molar refractivity (Wildman–Crippen MR) is 112 cm³/mol. The summed E-state index contributed by atoms with van der Waals surface area (Å²) in [5, 5.41) is 4.38. The second-order valence-electron chi connectivity index (χ2n) is 6.09. The van der Waals surface area contributed by atoms with E-state index in [9.17, 15) is 4.79 Å². The first-order valence-corrected chi connectivity index (χ1v) is 9.81. The molecular weight excluding hydrogens is 390 g/mol. The molecule has 4 aromatic rings. The van der Waals surface area contributed by atoms with E-state index in [-0.39, 0.29) is 5.56 Å². The average Bonchev–Trinajstić information content (AvgIpc) is 3.28. The Balaban J connectivity index is 1.76. The van der Waals surface area contributed by atoms with Crippen molar-refractivity contribution < 1.29 is 14.2 Å². The Kier molecular flexibility index (Phi) is 5.18. The van der Waals surface area contributed by atoms with Gasteiger partial charge in [-0.2, -0.15) is 9.50 Å². The van der Waals surface area contributed by atoms with E-state index < -0.39 is 0 Å². The molecule has 0 bridgehead atoms. The summed E-state index contributed by atoms with van der Waals surface area (Å²) in [4.78, 5) is 17.8. The van der Waals surface area contributed by atoms with Gasteiger partial charge >= 0.3 is 0 Å². The largest absolute Gasteiger partial charge is 0.496 e. The van der Waals surface area contributed by atoms with E-state index >= 15 is 0 Å². The highest BCUT2D eigenvalue weighted by Crippen LogP contribution is 2.29. The van der Waals surface area contributed by atoms with Crippen LogP contribution in [0.5, 0.6) is 17.2 Å². The summed E-state index contributed by atoms with van der Waals surface area (Å²) in [7, 11) is 3.18. The minimum Gasteiger partial charge on any atom is -0.496 e. The minimum atomic E-state index is -0.216. The van der Waals surface area contributed by atoms with Gasteiger partial charge in [0.15, 0.2) is 17.3 Å². The molecule has 0 amide bonds. The SMILES string of the molecule is CCOc1ccc(/C=c2/sc3nc(-c4ccccc4OC)nn3c2=O)cc1OC. The highest BCUT2D eigenvalue weighted by atomic mass is 32.1. The summed E-state index contributed by atoms with van der Waals surface area (Å²) in [6.07, 6.45) is 1.80. The topological polar surface area (TPSA) is 75.0 Å². The van der Waals surface area contributed by atoms with Crippen molar-refractivity contribution in [3.8, 4) is 28.6 Å². The number of rotatable bonds is 6. The number of aromatic nitrogens is 3. The molecule has 2 aromatic heterocycles. The second-order valence-corrected chi connectivity index (χ2v) is 7.10. The maximum absolute atomic E-state index is 12.8. The van der Waals surface area contributed by atoms with E-state index in [0.29, 0.717) is 39.2 Å². The molecule has 0 saturated carbocycles.